The van der Waals surface area contributed by atoms with Crippen LogP contribution >= 0.6 is 11.6 Å². The Balaban J connectivity index is 1.86. The number of nitrogens with zero attached hydrogens (tertiary/aromatic N) is 3. The number of carbonyl (C=O) groups is 2. The number of para-hydroxylation sites is 1. The van der Waals surface area contributed by atoms with E-state index in [1.54, 1.807) is 22.9 Å². The minimum absolute atomic E-state index is 0.157. The lowest BCUT2D eigenvalue weighted by Gasteiger charge is -2.21. The molecule has 0 saturated carbocycles. The summed E-state index contributed by atoms with van der Waals surface area (Å²) >= 11 is 6.38. The maximum Gasteiger partial charge on any atom is 0.290 e. The summed E-state index contributed by atoms with van der Waals surface area (Å²) in [7, 11) is 1.53. The topological polar surface area (TPSA) is 89.6 Å². The van der Waals surface area contributed by atoms with Gasteiger partial charge in [-0.1, -0.05) is 44.5 Å². The predicted octanol–water partition coefficient (Wildman–Crippen LogP) is 4.14. The fourth-order valence-electron chi connectivity index (χ4n) is 3.01. The van der Waals surface area contributed by atoms with Crippen LogP contribution in [0.25, 0.3) is 5.69 Å². The normalized spacial score (nSPS) is 11.4. The van der Waals surface area contributed by atoms with Crippen molar-refractivity contribution in [1.29, 1.82) is 0 Å². The van der Waals surface area contributed by atoms with Gasteiger partial charge in [-0.05, 0) is 24.3 Å². The van der Waals surface area contributed by atoms with Crippen LogP contribution in [-0.4, -0.2) is 53.3 Å². The Kier molecular flexibility index (Phi) is 7.37. The summed E-state index contributed by atoms with van der Waals surface area (Å²) in [4.78, 5) is 27.0. The molecule has 0 bridgehead atoms. The predicted molar refractivity (Wildman–Crippen MR) is 122 cm³/mol. The SMILES string of the molecule is COCCN(CC(=O)Nc1cc(C(C)(C)C)nn1-c1ccccc1Cl)C(=O)c1ccco1. The fraction of sp³-hybridized carbons (Fsp3) is 0.348. The average molecular weight is 459 g/mol. The molecule has 0 spiro atoms. The van der Waals surface area contributed by atoms with Crippen LogP contribution in [0.5, 0.6) is 0 Å². The van der Waals surface area contributed by atoms with Crippen LogP contribution in [0.2, 0.25) is 5.02 Å². The zero-order chi connectivity index (χ0) is 23.3. The Labute approximate surface area is 192 Å². The smallest absolute Gasteiger partial charge is 0.290 e. The number of hydrogen-bond acceptors (Lipinski definition) is 5. The van der Waals surface area contributed by atoms with Gasteiger partial charge >= 0.3 is 0 Å². The number of benzene rings is 1. The molecule has 2 amide bonds. The molecule has 0 aliphatic heterocycles. The molecule has 1 aromatic carbocycles. The zero-order valence-electron chi connectivity index (χ0n) is 18.6. The quantitative estimate of drug-likeness (QED) is 0.547. The molecule has 0 aliphatic rings. The van der Waals surface area contributed by atoms with E-state index in [0.717, 1.165) is 5.69 Å². The largest absolute Gasteiger partial charge is 0.459 e. The summed E-state index contributed by atoms with van der Waals surface area (Å²) in [5.74, 6) is -0.151. The first-order chi connectivity index (χ1) is 15.2. The highest BCUT2D eigenvalue weighted by molar-refractivity contribution is 6.32. The Morgan fingerprint density at radius 2 is 1.97 bits per heavy atom. The number of carbonyl (C=O) groups excluding carboxylic acids is 2. The van der Waals surface area contributed by atoms with E-state index < -0.39 is 5.91 Å². The Morgan fingerprint density at radius 1 is 1.22 bits per heavy atom. The van der Waals surface area contributed by atoms with Crippen LogP contribution in [0.4, 0.5) is 5.82 Å². The van der Waals surface area contributed by atoms with Crippen LogP contribution in [0.3, 0.4) is 0 Å². The summed E-state index contributed by atoms with van der Waals surface area (Å²) in [6.07, 6.45) is 1.41. The van der Waals surface area contributed by atoms with E-state index in [9.17, 15) is 9.59 Å². The van der Waals surface area contributed by atoms with Crippen molar-refractivity contribution in [3.63, 3.8) is 0 Å². The number of nitrogens with one attached hydrogen (secondary N) is 1. The number of furan rings is 1. The minimum atomic E-state index is -0.391. The standard InChI is InChI=1S/C23H27ClN4O4/c1-23(2,3)19-14-20(28(26-19)17-9-6-5-8-16(17)24)25-21(29)15-27(11-13-31-4)22(30)18-10-7-12-32-18/h5-10,12,14H,11,13,15H2,1-4H3,(H,25,29). The van der Waals surface area contributed by atoms with Crippen LogP contribution in [-0.2, 0) is 14.9 Å². The van der Waals surface area contributed by atoms with Gasteiger partial charge in [0.1, 0.15) is 12.4 Å². The third-order valence-electron chi connectivity index (χ3n) is 4.74. The van der Waals surface area contributed by atoms with Crippen molar-refractivity contribution < 1.29 is 18.7 Å². The van der Waals surface area contributed by atoms with E-state index >= 15 is 0 Å². The highest BCUT2D eigenvalue weighted by Crippen LogP contribution is 2.29. The van der Waals surface area contributed by atoms with Gasteiger partial charge < -0.3 is 19.4 Å². The van der Waals surface area contributed by atoms with Crippen LogP contribution in [0, 0.1) is 0 Å². The first-order valence-corrected chi connectivity index (χ1v) is 10.6. The van der Waals surface area contributed by atoms with E-state index in [1.165, 1.54) is 18.3 Å². The molecule has 0 aliphatic carbocycles. The number of amides is 2. The van der Waals surface area contributed by atoms with Crippen molar-refractivity contribution in [3.05, 3.63) is 65.2 Å². The lowest BCUT2D eigenvalue weighted by molar-refractivity contribution is -0.117. The summed E-state index contributed by atoms with van der Waals surface area (Å²) in [6, 6.07) is 12.2. The number of methoxy groups -OCH3 is 1. The lowest BCUT2D eigenvalue weighted by atomic mass is 9.92. The van der Waals surface area contributed by atoms with Crippen LogP contribution in [0.1, 0.15) is 37.0 Å². The molecule has 8 nitrogen and oxygen atoms in total. The second kappa shape index (κ2) is 10.0. The second-order valence-electron chi connectivity index (χ2n) is 8.27. The molecule has 3 aromatic rings. The first-order valence-electron chi connectivity index (χ1n) is 10.2. The molecule has 0 fully saturated rings. The maximum atomic E-state index is 12.9. The van der Waals surface area contributed by atoms with Crippen molar-refractivity contribution in [3.8, 4) is 5.69 Å². The molecule has 0 unspecified atom stereocenters. The van der Waals surface area contributed by atoms with Crippen molar-refractivity contribution in [2.75, 3.05) is 32.1 Å². The molecule has 0 atom stereocenters. The van der Waals surface area contributed by atoms with E-state index in [-0.39, 0.29) is 36.8 Å². The van der Waals surface area contributed by atoms with Gasteiger partial charge in [0.05, 0.1) is 29.3 Å². The fourth-order valence-corrected chi connectivity index (χ4v) is 3.23. The maximum absolute atomic E-state index is 12.9. The molecule has 32 heavy (non-hydrogen) atoms. The summed E-state index contributed by atoms with van der Waals surface area (Å²) in [6.45, 7) is 6.44. The number of halogens is 1. The number of rotatable bonds is 8. The molecule has 1 N–H and O–H groups in total. The molecule has 3 rings (SSSR count). The number of hydrogen-bond donors (Lipinski definition) is 1. The number of aromatic nitrogens is 2. The first kappa shape index (κ1) is 23.6. The van der Waals surface area contributed by atoms with Gasteiger partial charge in [-0.25, -0.2) is 4.68 Å². The number of ether oxygens (including phenoxy) is 1. The third kappa shape index (κ3) is 5.57. The van der Waals surface area contributed by atoms with Gasteiger partial charge in [-0.15, -0.1) is 0 Å². The average Bonchev–Trinajstić information content (AvgIpc) is 3.41. The Morgan fingerprint density at radius 3 is 2.59 bits per heavy atom. The van der Waals surface area contributed by atoms with Crippen molar-refractivity contribution in [2.24, 2.45) is 0 Å². The number of anilines is 1. The molecular weight excluding hydrogens is 432 g/mol. The highest BCUT2D eigenvalue weighted by Gasteiger charge is 2.24. The summed E-state index contributed by atoms with van der Waals surface area (Å²) < 4.78 is 11.9. The van der Waals surface area contributed by atoms with Gasteiger partial charge in [-0.2, -0.15) is 5.10 Å². The van der Waals surface area contributed by atoms with Crippen molar-refractivity contribution in [1.82, 2.24) is 14.7 Å². The van der Waals surface area contributed by atoms with E-state index in [2.05, 4.69) is 10.4 Å². The highest BCUT2D eigenvalue weighted by atomic mass is 35.5. The Bertz CT molecular complexity index is 1070. The van der Waals surface area contributed by atoms with Gasteiger partial charge in [0.2, 0.25) is 5.91 Å². The molecule has 2 heterocycles. The molecule has 2 aromatic heterocycles. The molecule has 9 heteroatoms. The molecule has 170 valence electrons. The monoisotopic (exact) mass is 458 g/mol. The third-order valence-corrected chi connectivity index (χ3v) is 5.06. The lowest BCUT2D eigenvalue weighted by Crippen LogP contribution is -2.40. The summed E-state index contributed by atoms with van der Waals surface area (Å²) in [5.41, 5.74) is 1.18. The minimum Gasteiger partial charge on any atom is -0.459 e. The molecule has 0 radical (unpaired) electrons. The van der Waals surface area contributed by atoms with Crippen LogP contribution in [0.15, 0.2) is 53.1 Å². The van der Waals surface area contributed by atoms with Gasteiger partial charge in [0.15, 0.2) is 5.76 Å². The van der Waals surface area contributed by atoms with E-state index in [4.69, 9.17) is 20.8 Å². The summed E-state index contributed by atoms with van der Waals surface area (Å²) in [5, 5.41) is 8.05. The van der Waals surface area contributed by atoms with Crippen molar-refractivity contribution >= 4 is 29.2 Å². The molecule has 0 saturated heterocycles. The van der Waals surface area contributed by atoms with E-state index in [1.807, 2.05) is 45.0 Å². The van der Waals surface area contributed by atoms with Gasteiger partial charge in [0.25, 0.3) is 5.91 Å². The van der Waals surface area contributed by atoms with Gasteiger partial charge in [-0.3, -0.25) is 9.59 Å². The van der Waals surface area contributed by atoms with E-state index in [0.29, 0.717) is 16.5 Å². The van der Waals surface area contributed by atoms with Gasteiger partial charge in [0, 0.05) is 25.1 Å². The van der Waals surface area contributed by atoms with Crippen LogP contribution < -0.4 is 5.32 Å². The van der Waals surface area contributed by atoms with Crippen molar-refractivity contribution in [2.45, 2.75) is 26.2 Å². The zero-order valence-corrected chi connectivity index (χ0v) is 19.3. The Hall–Kier alpha value is -3.10. The second-order valence-corrected chi connectivity index (χ2v) is 8.68. The molecular formula is C23H27ClN4O4.